The van der Waals surface area contributed by atoms with Crippen LogP contribution in [0.4, 0.5) is 11.4 Å². The quantitative estimate of drug-likeness (QED) is 0.280. The summed E-state index contributed by atoms with van der Waals surface area (Å²) in [7, 11) is 0. The number of anilines is 2. The van der Waals surface area contributed by atoms with Crippen molar-refractivity contribution in [3.63, 3.8) is 0 Å². The van der Waals surface area contributed by atoms with Crippen LogP contribution in [0.5, 0.6) is 0 Å². The second-order valence-corrected chi connectivity index (χ2v) is 6.18. The second kappa shape index (κ2) is 9.01. The Labute approximate surface area is 163 Å². The average molecular weight is 378 g/mol. The Morgan fingerprint density at radius 1 is 1.07 bits per heavy atom. The molecule has 0 aromatic heterocycles. The highest BCUT2D eigenvalue weighted by Crippen LogP contribution is 2.34. The van der Waals surface area contributed by atoms with Gasteiger partial charge in [-0.25, -0.2) is 0 Å². The summed E-state index contributed by atoms with van der Waals surface area (Å²) < 4.78 is 5.05. The normalized spacial score (nSPS) is 10.6. The third-order valence-corrected chi connectivity index (χ3v) is 4.34. The minimum atomic E-state index is -0.348. The molecule has 0 spiro atoms. The summed E-state index contributed by atoms with van der Waals surface area (Å²) in [5.74, 6) is -0.348. The summed E-state index contributed by atoms with van der Waals surface area (Å²) in [6.07, 6.45) is 0.668. The van der Waals surface area contributed by atoms with Gasteiger partial charge < -0.3 is 10.5 Å². The third-order valence-electron chi connectivity index (χ3n) is 4.34. The zero-order valence-electron chi connectivity index (χ0n) is 15.6. The van der Waals surface area contributed by atoms with Crippen molar-refractivity contribution in [3.8, 4) is 0 Å². The molecule has 0 radical (unpaired) electrons. The van der Waals surface area contributed by atoms with Crippen LogP contribution in [0.25, 0.3) is 10.8 Å². The summed E-state index contributed by atoms with van der Waals surface area (Å²) in [6.45, 7) is 2.30. The van der Waals surface area contributed by atoms with Crippen LogP contribution >= 0.6 is 0 Å². The Morgan fingerprint density at radius 3 is 2.43 bits per heavy atom. The van der Waals surface area contributed by atoms with E-state index in [9.17, 15) is 9.59 Å². The van der Waals surface area contributed by atoms with Crippen molar-refractivity contribution >= 4 is 34.5 Å². The van der Waals surface area contributed by atoms with Crippen molar-refractivity contribution < 1.29 is 19.2 Å². The maximum Gasteiger partial charge on any atom is 0.310 e. The monoisotopic (exact) mass is 378 g/mol. The van der Waals surface area contributed by atoms with Gasteiger partial charge in [-0.3, -0.25) is 14.4 Å². The number of nitrogens with two attached hydrogens (primary N) is 1. The van der Waals surface area contributed by atoms with Gasteiger partial charge in [-0.2, -0.15) is 5.06 Å². The molecule has 144 valence electrons. The number of hydroxylamine groups is 1. The smallest absolute Gasteiger partial charge is 0.310 e. The van der Waals surface area contributed by atoms with E-state index in [-0.39, 0.29) is 19.0 Å². The highest BCUT2D eigenvalue weighted by Gasteiger charge is 2.18. The third kappa shape index (κ3) is 4.29. The molecule has 0 aliphatic rings. The summed E-state index contributed by atoms with van der Waals surface area (Å²) >= 11 is 0. The molecule has 0 fully saturated rings. The first kappa shape index (κ1) is 19.4. The van der Waals surface area contributed by atoms with E-state index in [2.05, 4.69) is 0 Å². The van der Waals surface area contributed by atoms with Gasteiger partial charge in [0.2, 0.25) is 6.41 Å². The first-order valence-corrected chi connectivity index (χ1v) is 9.01. The second-order valence-electron chi connectivity index (χ2n) is 6.18. The topological polar surface area (TPSA) is 81.9 Å². The zero-order chi connectivity index (χ0) is 19.9. The van der Waals surface area contributed by atoms with E-state index in [0.29, 0.717) is 30.0 Å². The largest absolute Gasteiger partial charge is 0.466 e. The van der Waals surface area contributed by atoms with E-state index in [4.69, 9.17) is 15.3 Å². The Kier molecular flexibility index (Phi) is 6.24. The molecule has 0 heterocycles. The molecule has 0 bridgehead atoms. The van der Waals surface area contributed by atoms with Crippen molar-refractivity contribution in [3.05, 3.63) is 71.8 Å². The number of rotatable bonds is 8. The Hall–Kier alpha value is -3.38. The van der Waals surface area contributed by atoms with Gasteiger partial charge in [0, 0.05) is 11.1 Å². The fourth-order valence-corrected chi connectivity index (χ4v) is 3.05. The Bertz CT molecular complexity index is 973. The Balaban J connectivity index is 1.96. The van der Waals surface area contributed by atoms with E-state index in [1.165, 1.54) is 5.06 Å². The predicted octanol–water partition coefficient (Wildman–Crippen LogP) is 3.62. The molecular formula is C22H22N2O4. The van der Waals surface area contributed by atoms with Crippen LogP contribution in [0.15, 0.2) is 60.7 Å². The molecule has 0 saturated carbocycles. The van der Waals surface area contributed by atoms with Crippen LogP contribution in [0.2, 0.25) is 0 Å². The molecular weight excluding hydrogens is 356 g/mol. The molecule has 6 heteroatoms. The molecule has 0 aliphatic heterocycles. The number of carbonyl (C=O) groups is 2. The van der Waals surface area contributed by atoms with E-state index in [0.717, 1.165) is 16.3 Å². The Morgan fingerprint density at radius 2 is 1.75 bits per heavy atom. The lowest BCUT2D eigenvalue weighted by Gasteiger charge is -2.21. The molecule has 3 aromatic rings. The van der Waals surface area contributed by atoms with Gasteiger partial charge in [-0.05, 0) is 29.5 Å². The molecule has 2 N–H and O–H groups in total. The SMILES string of the molecule is CCOC(=O)Cc1c(N)cc(N(C=O)OCc2ccccc2)c2ccccc12. The minimum Gasteiger partial charge on any atom is -0.466 e. The van der Waals surface area contributed by atoms with Crippen LogP contribution in [0.3, 0.4) is 0 Å². The number of hydrogen-bond donors (Lipinski definition) is 1. The first-order chi connectivity index (χ1) is 13.6. The van der Waals surface area contributed by atoms with Crippen LogP contribution in [-0.4, -0.2) is 19.0 Å². The highest BCUT2D eigenvalue weighted by molar-refractivity contribution is 6.03. The average Bonchev–Trinajstić information content (AvgIpc) is 2.72. The molecule has 0 atom stereocenters. The lowest BCUT2D eigenvalue weighted by molar-refractivity contribution is -0.142. The van der Waals surface area contributed by atoms with Crippen molar-refractivity contribution in [1.29, 1.82) is 0 Å². The van der Waals surface area contributed by atoms with Gasteiger partial charge >= 0.3 is 5.97 Å². The van der Waals surface area contributed by atoms with E-state index in [1.54, 1.807) is 13.0 Å². The maximum atomic E-state index is 12.0. The van der Waals surface area contributed by atoms with Crippen LogP contribution in [0.1, 0.15) is 18.1 Å². The molecule has 28 heavy (non-hydrogen) atoms. The molecule has 1 amide bonds. The van der Waals surface area contributed by atoms with Gasteiger partial charge in [0.1, 0.15) is 6.61 Å². The number of amides is 1. The van der Waals surface area contributed by atoms with E-state index < -0.39 is 0 Å². The molecule has 0 aliphatic carbocycles. The zero-order valence-corrected chi connectivity index (χ0v) is 15.6. The number of esters is 1. The number of carbonyl (C=O) groups excluding carboxylic acids is 2. The number of fused-ring (bicyclic) bond motifs is 1. The van der Waals surface area contributed by atoms with Crippen molar-refractivity contribution in [2.75, 3.05) is 17.4 Å². The van der Waals surface area contributed by atoms with Gasteiger partial charge in [-0.1, -0.05) is 54.6 Å². The molecule has 6 nitrogen and oxygen atoms in total. The molecule has 3 rings (SSSR count). The number of nitrogen functional groups attached to an aromatic ring is 1. The van der Waals surface area contributed by atoms with Crippen LogP contribution in [-0.2, 0) is 32.2 Å². The van der Waals surface area contributed by atoms with Gasteiger partial charge in [-0.15, -0.1) is 0 Å². The maximum absolute atomic E-state index is 12.0. The number of nitrogens with zero attached hydrogens (tertiary/aromatic N) is 1. The fraction of sp³-hybridized carbons (Fsp3) is 0.182. The molecule has 0 saturated heterocycles. The summed E-state index contributed by atoms with van der Waals surface area (Å²) in [5, 5.41) is 2.71. The lowest BCUT2D eigenvalue weighted by atomic mass is 9.98. The molecule has 0 unspecified atom stereocenters. The number of hydrogen-bond acceptors (Lipinski definition) is 5. The minimum absolute atomic E-state index is 0.0619. The van der Waals surface area contributed by atoms with Crippen LogP contribution in [0, 0.1) is 0 Å². The highest BCUT2D eigenvalue weighted by atomic mass is 16.7. The van der Waals surface area contributed by atoms with Crippen molar-refractivity contribution in [1.82, 2.24) is 0 Å². The summed E-state index contributed by atoms with van der Waals surface area (Å²) in [6, 6.07) is 18.6. The number of benzene rings is 3. The summed E-state index contributed by atoms with van der Waals surface area (Å²) in [4.78, 5) is 29.4. The lowest BCUT2D eigenvalue weighted by Crippen LogP contribution is -2.22. The fourth-order valence-electron chi connectivity index (χ4n) is 3.05. The van der Waals surface area contributed by atoms with Gasteiger partial charge in [0.25, 0.3) is 0 Å². The standard InChI is InChI=1S/C22H22N2O4/c1-2-27-22(26)12-19-17-10-6-7-11-18(17)21(13-20(19)23)24(15-25)28-14-16-8-4-3-5-9-16/h3-11,13,15H,2,12,14,23H2,1H3. The van der Waals surface area contributed by atoms with E-state index in [1.807, 2.05) is 54.6 Å². The molecule has 3 aromatic carbocycles. The first-order valence-electron chi connectivity index (χ1n) is 9.01. The summed E-state index contributed by atoms with van der Waals surface area (Å²) in [5.41, 5.74) is 8.75. The van der Waals surface area contributed by atoms with Gasteiger partial charge in [0.15, 0.2) is 0 Å². The van der Waals surface area contributed by atoms with Crippen LogP contribution < -0.4 is 10.8 Å². The van der Waals surface area contributed by atoms with Crippen molar-refractivity contribution in [2.24, 2.45) is 0 Å². The van der Waals surface area contributed by atoms with Gasteiger partial charge in [0.05, 0.1) is 18.7 Å². The van der Waals surface area contributed by atoms with E-state index >= 15 is 0 Å². The van der Waals surface area contributed by atoms with Crippen molar-refractivity contribution in [2.45, 2.75) is 20.0 Å². The number of ether oxygens (including phenoxy) is 1. The predicted molar refractivity (Wildman–Crippen MR) is 108 cm³/mol.